The number of hydrogen-bond acceptors (Lipinski definition) is 3. The molecule has 0 bridgehead atoms. The molecule has 1 aromatic rings. The van der Waals surface area contributed by atoms with Crippen molar-refractivity contribution in [3.05, 3.63) is 22.7 Å². The van der Waals surface area contributed by atoms with E-state index in [0.717, 1.165) is 12.8 Å². The molecule has 0 saturated heterocycles. The van der Waals surface area contributed by atoms with E-state index in [4.69, 9.17) is 4.74 Å². The van der Waals surface area contributed by atoms with Crippen molar-refractivity contribution < 1.29 is 13.2 Å². The molecule has 0 heterocycles. The molecule has 1 aliphatic carbocycles. The summed E-state index contributed by atoms with van der Waals surface area (Å²) in [5.74, 6) is 0.353. The summed E-state index contributed by atoms with van der Waals surface area (Å²) in [5.41, 5.74) is 0.131. The van der Waals surface area contributed by atoms with Crippen LogP contribution in [0.3, 0.4) is 0 Å². The molecule has 0 spiro atoms. The van der Waals surface area contributed by atoms with Gasteiger partial charge in [0.05, 0.1) is 7.11 Å². The quantitative estimate of drug-likeness (QED) is 0.900. The lowest BCUT2D eigenvalue weighted by Gasteiger charge is -2.13. The van der Waals surface area contributed by atoms with Crippen LogP contribution in [-0.2, 0) is 10.0 Å². The highest BCUT2D eigenvalue weighted by atomic mass is 79.9. The molecule has 100 valence electrons. The summed E-state index contributed by atoms with van der Waals surface area (Å²) in [6.07, 6.45) is 2.15. The van der Waals surface area contributed by atoms with Crippen LogP contribution in [0, 0.1) is 5.41 Å². The zero-order valence-corrected chi connectivity index (χ0v) is 12.8. The van der Waals surface area contributed by atoms with Gasteiger partial charge in [0.15, 0.2) is 0 Å². The van der Waals surface area contributed by atoms with Crippen molar-refractivity contribution in [2.24, 2.45) is 5.41 Å². The molecule has 1 aromatic carbocycles. The lowest BCUT2D eigenvalue weighted by molar-refractivity contribution is 0.402. The first-order valence-corrected chi connectivity index (χ1v) is 7.97. The largest absolute Gasteiger partial charge is 0.495 e. The molecule has 0 aliphatic heterocycles. The highest BCUT2D eigenvalue weighted by Crippen LogP contribution is 2.44. The van der Waals surface area contributed by atoms with E-state index in [1.54, 1.807) is 18.2 Å². The number of ether oxygens (including phenoxy) is 1. The molecular formula is C12H16BrNO3S. The highest BCUT2D eigenvalue weighted by Gasteiger charge is 2.38. The Kier molecular flexibility index (Phi) is 3.71. The molecule has 4 nitrogen and oxygen atoms in total. The summed E-state index contributed by atoms with van der Waals surface area (Å²) in [6, 6.07) is 4.94. The summed E-state index contributed by atoms with van der Waals surface area (Å²) < 4.78 is 32.9. The number of methoxy groups -OCH3 is 1. The first kappa shape index (κ1) is 13.8. The van der Waals surface area contributed by atoms with E-state index in [0.29, 0.717) is 16.8 Å². The molecule has 0 amide bonds. The fraction of sp³-hybridized carbons (Fsp3) is 0.500. The molecule has 0 aromatic heterocycles. The maximum absolute atomic E-state index is 12.2. The van der Waals surface area contributed by atoms with Crippen molar-refractivity contribution >= 4 is 26.0 Å². The van der Waals surface area contributed by atoms with Crippen LogP contribution in [0.5, 0.6) is 5.75 Å². The maximum atomic E-state index is 12.2. The van der Waals surface area contributed by atoms with Crippen LogP contribution in [0.4, 0.5) is 0 Å². The molecule has 1 fully saturated rings. The molecule has 1 aliphatic rings. The zero-order chi connectivity index (χ0) is 13.4. The number of rotatable bonds is 5. The van der Waals surface area contributed by atoms with Gasteiger partial charge in [-0.1, -0.05) is 22.9 Å². The average Bonchev–Trinajstić information content (AvgIpc) is 3.06. The fourth-order valence-corrected chi connectivity index (χ4v) is 3.50. The summed E-state index contributed by atoms with van der Waals surface area (Å²) in [7, 11) is -2.06. The lowest BCUT2D eigenvalue weighted by Crippen LogP contribution is -2.29. The molecule has 6 heteroatoms. The van der Waals surface area contributed by atoms with Crippen LogP contribution < -0.4 is 9.46 Å². The van der Waals surface area contributed by atoms with Crippen molar-refractivity contribution in [1.82, 2.24) is 4.72 Å². The van der Waals surface area contributed by atoms with Crippen molar-refractivity contribution in [2.75, 3.05) is 13.7 Å². The monoisotopic (exact) mass is 333 g/mol. The molecule has 2 rings (SSSR count). The predicted molar refractivity (Wildman–Crippen MR) is 73.2 cm³/mol. The van der Waals surface area contributed by atoms with E-state index < -0.39 is 10.0 Å². The van der Waals surface area contributed by atoms with E-state index in [9.17, 15) is 8.42 Å². The summed E-state index contributed by atoms with van der Waals surface area (Å²) in [4.78, 5) is 0.170. The second-order valence-electron chi connectivity index (χ2n) is 4.93. The Morgan fingerprint density at radius 1 is 1.44 bits per heavy atom. The molecule has 0 unspecified atom stereocenters. The third kappa shape index (κ3) is 3.05. The van der Waals surface area contributed by atoms with Crippen LogP contribution in [-0.4, -0.2) is 22.1 Å². The zero-order valence-electron chi connectivity index (χ0n) is 10.4. The Bertz CT molecular complexity index is 552. The van der Waals surface area contributed by atoms with Gasteiger partial charge >= 0.3 is 0 Å². The molecule has 18 heavy (non-hydrogen) atoms. The van der Waals surface area contributed by atoms with Gasteiger partial charge in [0.1, 0.15) is 10.6 Å². The van der Waals surface area contributed by atoms with Gasteiger partial charge in [-0.3, -0.25) is 0 Å². The van der Waals surface area contributed by atoms with E-state index in [-0.39, 0.29) is 10.3 Å². The first-order valence-electron chi connectivity index (χ1n) is 5.70. The number of sulfonamides is 1. The van der Waals surface area contributed by atoms with Crippen molar-refractivity contribution in [2.45, 2.75) is 24.7 Å². The SMILES string of the molecule is COc1ccc(Br)cc1S(=O)(=O)NCC1(C)CC1. The van der Waals surface area contributed by atoms with Crippen LogP contribution in [0.2, 0.25) is 0 Å². The van der Waals surface area contributed by atoms with Crippen LogP contribution >= 0.6 is 15.9 Å². The van der Waals surface area contributed by atoms with E-state index in [2.05, 4.69) is 27.6 Å². The van der Waals surface area contributed by atoms with Gasteiger partial charge in [-0.15, -0.1) is 0 Å². The van der Waals surface area contributed by atoms with Crippen LogP contribution in [0.25, 0.3) is 0 Å². The number of halogens is 1. The predicted octanol–water partition coefficient (Wildman–Crippen LogP) is 2.54. The molecular weight excluding hydrogens is 318 g/mol. The van der Waals surface area contributed by atoms with E-state index >= 15 is 0 Å². The van der Waals surface area contributed by atoms with Crippen molar-refractivity contribution in [3.8, 4) is 5.75 Å². The Labute approximate surface area is 116 Å². The Hall–Kier alpha value is -0.590. The summed E-state index contributed by atoms with van der Waals surface area (Å²) in [6.45, 7) is 2.55. The third-order valence-corrected chi connectivity index (χ3v) is 5.12. The minimum absolute atomic E-state index is 0.131. The van der Waals surface area contributed by atoms with Gasteiger partial charge in [-0.2, -0.15) is 0 Å². The molecule has 1 N–H and O–H groups in total. The van der Waals surface area contributed by atoms with Gasteiger partial charge in [-0.25, -0.2) is 13.1 Å². The maximum Gasteiger partial charge on any atom is 0.244 e. The van der Waals surface area contributed by atoms with E-state index in [1.807, 2.05) is 0 Å². The number of nitrogens with one attached hydrogen (secondary N) is 1. The molecule has 0 radical (unpaired) electrons. The Balaban J connectivity index is 2.25. The van der Waals surface area contributed by atoms with Gasteiger partial charge in [0.25, 0.3) is 0 Å². The van der Waals surface area contributed by atoms with Gasteiger partial charge in [-0.05, 0) is 36.5 Å². The summed E-state index contributed by atoms with van der Waals surface area (Å²) >= 11 is 3.27. The first-order chi connectivity index (χ1) is 8.36. The lowest BCUT2D eigenvalue weighted by atomic mass is 10.2. The van der Waals surface area contributed by atoms with E-state index in [1.165, 1.54) is 7.11 Å². The third-order valence-electron chi connectivity index (χ3n) is 3.21. The summed E-state index contributed by atoms with van der Waals surface area (Å²) in [5, 5.41) is 0. The van der Waals surface area contributed by atoms with Crippen molar-refractivity contribution in [3.63, 3.8) is 0 Å². The topological polar surface area (TPSA) is 55.4 Å². The highest BCUT2D eigenvalue weighted by molar-refractivity contribution is 9.10. The van der Waals surface area contributed by atoms with Gasteiger partial charge in [0.2, 0.25) is 10.0 Å². The van der Waals surface area contributed by atoms with Crippen molar-refractivity contribution in [1.29, 1.82) is 0 Å². The normalized spacial score (nSPS) is 17.5. The second kappa shape index (κ2) is 4.83. The Morgan fingerprint density at radius 2 is 2.11 bits per heavy atom. The second-order valence-corrected chi connectivity index (χ2v) is 7.58. The molecule has 0 atom stereocenters. The Morgan fingerprint density at radius 3 is 2.67 bits per heavy atom. The number of hydrogen-bond donors (Lipinski definition) is 1. The van der Waals surface area contributed by atoms with Gasteiger partial charge in [0, 0.05) is 11.0 Å². The molecule has 1 saturated carbocycles. The standard InChI is InChI=1S/C12H16BrNO3S/c1-12(5-6-12)8-14-18(15,16)11-7-9(13)3-4-10(11)17-2/h3-4,7,14H,5-6,8H2,1-2H3. The average molecular weight is 334 g/mol. The number of benzene rings is 1. The minimum atomic E-state index is -3.52. The van der Waals surface area contributed by atoms with Crippen LogP contribution in [0.15, 0.2) is 27.6 Å². The fourth-order valence-electron chi connectivity index (χ4n) is 1.60. The van der Waals surface area contributed by atoms with Gasteiger partial charge < -0.3 is 4.74 Å². The smallest absolute Gasteiger partial charge is 0.244 e. The van der Waals surface area contributed by atoms with Crippen LogP contribution in [0.1, 0.15) is 19.8 Å². The minimum Gasteiger partial charge on any atom is -0.495 e.